The summed E-state index contributed by atoms with van der Waals surface area (Å²) in [7, 11) is 0. The summed E-state index contributed by atoms with van der Waals surface area (Å²) in [5.74, 6) is 1.60. The number of fused-ring (bicyclic) bond motifs is 1. The Labute approximate surface area is 115 Å². The Kier molecular flexibility index (Phi) is 3.65. The van der Waals surface area contributed by atoms with Gasteiger partial charge in [-0.05, 0) is 0 Å². The van der Waals surface area contributed by atoms with Crippen molar-refractivity contribution in [1.82, 2.24) is 25.3 Å². The third kappa shape index (κ3) is 2.71. The monoisotopic (exact) mass is 276 g/mol. The summed E-state index contributed by atoms with van der Waals surface area (Å²) in [6, 6.07) is 0. The van der Waals surface area contributed by atoms with Crippen molar-refractivity contribution in [3.63, 3.8) is 0 Å². The van der Waals surface area contributed by atoms with Crippen molar-refractivity contribution < 1.29 is 0 Å². The number of H-pyrrole nitrogens is 1. The lowest BCUT2D eigenvalue weighted by Gasteiger charge is -2.26. The Morgan fingerprint density at radius 1 is 1.37 bits per heavy atom. The molecule has 100 valence electrons. The van der Waals surface area contributed by atoms with Crippen molar-refractivity contribution in [3.05, 3.63) is 18.9 Å². The average Bonchev–Trinajstić information content (AvgIpc) is 2.87. The summed E-state index contributed by atoms with van der Waals surface area (Å²) in [6.07, 6.45) is 3.67. The van der Waals surface area contributed by atoms with Gasteiger partial charge in [0.1, 0.15) is 5.52 Å². The molecule has 7 heteroatoms. The number of anilines is 1. The molecule has 19 heavy (non-hydrogen) atoms. The molecule has 1 aliphatic heterocycles. The number of nitrogens with one attached hydrogen (secondary N) is 2. The van der Waals surface area contributed by atoms with Gasteiger partial charge in [0.05, 0.1) is 6.20 Å². The van der Waals surface area contributed by atoms with Crippen LogP contribution in [0.4, 0.5) is 5.95 Å². The lowest BCUT2D eigenvalue weighted by molar-refractivity contribution is 0.580. The number of hydrogen-bond donors (Lipinski definition) is 2. The second kappa shape index (κ2) is 5.58. The van der Waals surface area contributed by atoms with E-state index in [4.69, 9.17) is 0 Å². The molecule has 1 saturated heterocycles. The fraction of sp³-hybridized carbons (Fsp3) is 0.417. The molecule has 0 unspecified atom stereocenters. The summed E-state index contributed by atoms with van der Waals surface area (Å²) in [5, 5.41) is 4.18. The lowest BCUT2D eigenvalue weighted by Crippen LogP contribution is -2.44. The van der Waals surface area contributed by atoms with E-state index in [1.54, 1.807) is 11.8 Å². The van der Waals surface area contributed by atoms with Crippen LogP contribution in [0, 0.1) is 0 Å². The predicted molar refractivity (Wildman–Crippen MR) is 77.7 cm³/mol. The molecule has 3 heterocycles. The number of rotatable bonds is 4. The second-order valence-electron chi connectivity index (χ2n) is 4.29. The molecular weight excluding hydrogens is 260 g/mol. The first-order valence-electron chi connectivity index (χ1n) is 6.29. The largest absolute Gasteiger partial charge is 0.338 e. The summed E-state index contributed by atoms with van der Waals surface area (Å²) < 4.78 is 0. The number of hydrogen-bond acceptors (Lipinski definition) is 6. The van der Waals surface area contributed by atoms with Gasteiger partial charge in [0.2, 0.25) is 5.95 Å². The normalized spacial score (nSPS) is 15.9. The molecule has 2 aromatic rings. The van der Waals surface area contributed by atoms with Crippen LogP contribution in [-0.2, 0) is 0 Å². The minimum atomic E-state index is 0.732. The maximum Gasteiger partial charge on any atom is 0.227 e. The standard InChI is InChI=1S/C12H16N6S/c1-2-7-19-12-15-9-8-14-11(16-10(9)17-12)18-5-3-13-4-6-18/h2,8,13H,1,3-7H2,(H,14,15,16,17). The highest BCUT2D eigenvalue weighted by atomic mass is 32.2. The molecule has 3 rings (SSSR count). The van der Waals surface area contributed by atoms with E-state index < -0.39 is 0 Å². The molecule has 2 aromatic heterocycles. The molecule has 0 amide bonds. The van der Waals surface area contributed by atoms with Crippen molar-refractivity contribution in [1.29, 1.82) is 0 Å². The van der Waals surface area contributed by atoms with Crippen molar-refractivity contribution in [2.45, 2.75) is 5.16 Å². The molecular formula is C12H16N6S. The summed E-state index contributed by atoms with van der Waals surface area (Å²) in [6.45, 7) is 7.53. The topological polar surface area (TPSA) is 69.7 Å². The maximum atomic E-state index is 4.53. The number of aromatic nitrogens is 4. The van der Waals surface area contributed by atoms with Crippen LogP contribution in [0.1, 0.15) is 0 Å². The fourth-order valence-corrected chi connectivity index (χ4v) is 2.61. The van der Waals surface area contributed by atoms with Crippen molar-refractivity contribution in [2.75, 3.05) is 36.8 Å². The van der Waals surface area contributed by atoms with Crippen LogP contribution in [0.2, 0.25) is 0 Å². The fourth-order valence-electron chi connectivity index (χ4n) is 2.00. The molecule has 0 radical (unpaired) electrons. The summed E-state index contributed by atoms with van der Waals surface area (Å²) in [4.78, 5) is 18.8. The van der Waals surface area contributed by atoms with Crippen LogP contribution >= 0.6 is 11.8 Å². The van der Waals surface area contributed by atoms with Crippen LogP contribution in [0.3, 0.4) is 0 Å². The van der Waals surface area contributed by atoms with Crippen LogP contribution in [0.5, 0.6) is 0 Å². The van der Waals surface area contributed by atoms with E-state index in [2.05, 4.69) is 36.7 Å². The maximum absolute atomic E-state index is 4.53. The summed E-state index contributed by atoms with van der Waals surface area (Å²) >= 11 is 1.61. The second-order valence-corrected chi connectivity index (χ2v) is 5.29. The van der Waals surface area contributed by atoms with Gasteiger partial charge in [-0.25, -0.2) is 9.97 Å². The number of thioether (sulfide) groups is 1. The van der Waals surface area contributed by atoms with E-state index in [0.717, 1.165) is 54.2 Å². The molecule has 1 fully saturated rings. The number of aromatic amines is 1. The molecule has 6 nitrogen and oxygen atoms in total. The Morgan fingerprint density at radius 2 is 2.21 bits per heavy atom. The third-order valence-electron chi connectivity index (χ3n) is 2.94. The van der Waals surface area contributed by atoms with Gasteiger partial charge in [0.15, 0.2) is 10.8 Å². The highest BCUT2D eigenvalue weighted by Crippen LogP contribution is 2.19. The molecule has 1 aliphatic rings. The average molecular weight is 276 g/mol. The van der Waals surface area contributed by atoms with Gasteiger partial charge in [-0.3, -0.25) is 0 Å². The molecule has 0 spiro atoms. The molecule has 2 N–H and O–H groups in total. The smallest absolute Gasteiger partial charge is 0.227 e. The van der Waals surface area contributed by atoms with E-state index in [-0.39, 0.29) is 0 Å². The Morgan fingerprint density at radius 3 is 3.00 bits per heavy atom. The van der Waals surface area contributed by atoms with E-state index in [9.17, 15) is 0 Å². The van der Waals surface area contributed by atoms with E-state index in [1.165, 1.54) is 0 Å². The first-order valence-corrected chi connectivity index (χ1v) is 7.27. The first-order chi connectivity index (χ1) is 9.36. The third-order valence-corrected chi connectivity index (χ3v) is 3.81. The number of piperazine rings is 1. The molecule has 0 aromatic carbocycles. The van der Waals surface area contributed by atoms with Gasteiger partial charge in [0.25, 0.3) is 0 Å². The van der Waals surface area contributed by atoms with Crippen LogP contribution < -0.4 is 10.2 Å². The van der Waals surface area contributed by atoms with Crippen LogP contribution in [-0.4, -0.2) is 51.9 Å². The highest BCUT2D eigenvalue weighted by molar-refractivity contribution is 7.99. The Balaban J connectivity index is 1.85. The zero-order valence-corrected chi connectivity index (χ0v) is 11.4. The van der Waals surface area contributed by atoms with Gasteiger partial charge >= 0.3 is 0 Å². The Hall–Kier alpha value is -1.60. The predicted octanol–water partition coefficient (Wildman–Crippen LogP) is 1.04. The Bertz CT molecular complexity index is 575. The van der Waals surface area contributed by atoms with Gasteiger partial charge < -0.3 is 15.2 Å². The van der Waals surface area contributed by atoms with Gasteiger partial charge in [-0.1, -0.05) is 17.8 Å². The van der Waals surface area contributed by atoms with Crippen molar-refractivity contribution >= 4 is 28.9 Å². The SMILES string of the molecule is C=CCSc1nc2nc(N3CCNCC3)ncc2[nH]1. The lowest BCUT2D eigenvalue weighted by atomic mass is 10.4. The highest BCUT2D eigenvalue weighted by Gasteiger charge is 2.14. The van der Waals surface area contributed by atoms with E-state index in [1.807, 2.05) is 12.3 Å². The molecule has 0 aliphatic carbocycles. The van der Waals surface area contributed by atoms with E-state index in [0.29, 0.717) is 0 Å². The van der Waals surface area contributed by atoms with Crippen LogP contribution in [0.25, 0.3) is 11.2 Å². The van der Waals surface area contributed by atoms with Gasteiger partial charge in [-0.15, -0.1) is 6.58 Å². The van der Waals surface area contributed by atoms with Gasteiger partial charge in [-0.2, -0.15) is 4.98 Å². The zero-order chi connectivity index (χ0) is 13.1. The first kappa shape index (κ1) is 12.4. The van der Waals surface area contributed by atoms with Crippen molar-refractivity contribution in [3.8, 4) is 0 Å². The number of nitrogens with zero attached hydrogens (tertiary/aromatic N) is 4. The summed E-state index contributed by atoms with van der Waals surface area (Å²) in [5.41, 5.74) is 1.61. The van der Waals surface area contributed by atoms with Gasteiger partial charge in [0, 0.05) is 31.9 Å². The minimum Gasteiger partial charge on any atom is -0.338 e. The minimum absolute atomic E-state index is 0.732. The van der Waals surface area contributed by atoms with Crippen molar-refractivity contribution in [2.24, 2.45) is 0 Å². The molecule has 0 saturated carbocycles. The molecule has 0 atom stereocenters. The zero-order valence-electron chi connectivity index (χ0n) is 10.6. The van der Waals surface area contributed by atoms with E-state index >= 15 is 0 Å². The van der Waals surface area contributed by atoms with Crippen LogP contribution in [0.15, 0.2) is 24.0 Å². The molecule has 0 bridgehead atoms. The quantitative estimate of drug-likeness (QED) is 0.642. The number of imidazole rings is 1.